The van der Waals surface area contributed by atoms with Gasteiger partial charge in [-0.25, -0.2) is 8.42 Å². The fourth-order valence-corrected chi connectivity index (χ4v) is 5.67. The third-order valence-corrected chi connectivity index (χ3v) is 7.55. The first-order valence-corrected chi connectivity index (χ1v) is 12.4. The Hall–Kier alpha value is -1.97. The number of sulfonamides is 1. The highest BCUT2D eigenvalue weighted by Gasteiger charge is 2.32. The summed E-state index contributed by atoms with van der Waals surface area (Å²) in [5.41, 5.74) is 0.443. The molecule has 1 N–H and O–H groups in total. The maximum absolute atomic E-state index is 13.0. The lowest BCUT2D eigenvalue weighted by Gasteiger charge is -2.34. The summed E-state index contributed by atoms with van der Waals surface area (Å²) in [6.07, 6.45) is 1.33. The average Bonchev–Trinajstić information content (AvgIpc) is 2.72. The summed E-state index contributed by atoms with van der Waals surface area (Å²) < 4.78 is 33.1. The van der Waals surface area contributed by atoms with E-state index in [1.807, 2.05) is 27.7 Å². The second kappa shape index (κ2) is 9.67. The van der Waals surface area contributed by atoms with Crippen LogP contribution in [0.15, 0.2) is 29.2 Å². The van der Waals surface area contributed by atoms with Crippen LogP contribution >= 0.6 is 0 Å². The van der Waals surface area contributed by atoms with E-state index in [9.17, 15) is 18.0 Å². The van der Waals surface area contributed by atoms with Crippen molar-refractivity contribution in [2.75, 3.05) is 26.2 Å². The normalized spacial score (nSPS) is 25.5. The highest BCUT2D eigenvalue weighted by atomic mass is 32.2. The lowest BCUT2D eigenvalue weighted by Crippen LogP contribution is -2.50. The summed E-state index contributed by atoms with van der Waals surface area (Å²) in [5, 5.41) is 3.00. The third-order valence-electron chi connectivity index (χ3n) is 5.70. The number of amides is 2. The second-order valence-corrected chi connectivity index (χ2v) is 10.8. The van der Waals surface area contributed by atoms with Crippen LogP contribution in [0.5, 0.6) is 0 Å². The van der Waals surface area contributed by atoms with Crippen molar-refractivity contribution < 1.29 is 22.7 Å². The number of piperidine rings is 1. The predicted octanol–water partition coefficient (Wildman–Crippen LogP) is 1.86. The van der Waals surface area contributed by atoms with Gasteiger partial charge in [-0.1, -0.05) is 13.8 Å². The van der Waals surface area contributed by atoms with E-state index in [0.717, 1.165) is 12.8 Å². The van der Waals surface area contributed by atoms with Gasteiger partial charge in [0.1, 0.15) is 0 Å². The van der Waals surface area contributed by atoms with Crippen molar-refractivity contribution in [3.63, 3.8) is 0 Å². The van der Waals surface area contributed by atoms with Crippen LogP contribution in [-0.4, -0.2) is 73.9 Å². The van der Waals surface area contributed by atoms with Gasteiger partial charge in [-0.15, -0.1) is 0 Å². The number of nitrogens with zero attached hydrogens (tertiary/aromatic N) is 2. The number of carbonyl (C=O) groups is 2. The molecular weight excluding hydrogens is 418 g/mol. The molecule has 1 aromatic carbocycles. The molecule has 0 radical (unpaired) electrons. The quantitative estimate of drug-likeness (QED) is 0.737. The largest absolute Gasteiger partial charge is 0.373 e. The molecule has 2 amide bonds. The van der Waals surface area contributed by atoms with Crippen molar-refractivity contribution in [1.82, 2.24) is 14.5 Å². The number of ether oxygens (including phenoxy) is 1. The van der Waals surface area contributed by atoms with Crippen molar-refractivity contribution in [1.29, 1.82) is 0 Å². The summed E-state index contributed by atoms with van der Waals surface area (Å²) in [4.78, 5) is 26.8. The van der Waals surface area contributed by atoms with E-state index in [-0.39, 0.29) is 40.9 Å². The zero-order valence-electron chi connectivity index (χ0n) is 18.7. The van der Waals surface area contributed by atoms with Crippen molar-refractivity contribution in [2.24, 2.45) is 5.92 Å². The number of rotatable bonds is 5. The fourth-order valence-electron chi connectivity index (χ4n) is 4.08. The van der Waals surface area contributed by atoms with E-state index in [1.165, 1.54) is 16.4 Å². The van der Waals surface area contributed by atoms with E-state index in [1.54, 1.807) is 17.0 Å². The SMILES string of the molecule is CC1CN(S(=O)(=O)c2ccc(C(=O)N3CCCC(NC(=O)C(C)C)C3)cc2)CC(C)O1. The minimum Gasteiger partial charge on any atom is -0.373 e. The molecule has 2 saturated heterocycles. The Morgan fingerprint density at radius 2 is 1.68 bits per heavy atom. The van der Waals surface area contributed by atoms with E-state index in [4.69, 9.17) is 4.74 Å². The second-order valence-electron chi connectivity index (χ2n) is 8.86. The number of carbonyl (C=O) groups excluding carboxylic acids is 2. The molecule has 8 nitrogen and oxygen atoms in total. The highest BCUT2D eigenvalue weighted by Crippen LogP contribution is 2.22. The van der Waals surface area contributed by atoms with Gasteiger partial charge in [0.05, 0.1) is 17.1 Å². The summed E-state index contributed by atoms with van der Waals surface area (Å²) in [5.74, 6) is -0.264. The van der Waals surface area contributed by atoms with Crippen LogP contribution in [0.4, 0.5) is 0 Å². The molecule has 2 aliphatic heterocycles. The molecule has 2 fully saturated rings. The van der Waals surface area contributed by atoms with Gasteiger partial charge >= 0.3 is 0 Å². The van der Waals surface area contributed by atoms with Gasteiger partial charge in [-0.3, -0.25) is 9.59 Å². The molecule has 3 atom stereocenters. The number of nitrogens with one attached hydrogen (secondary N) is 1. The van der Waals surface area contributed by atoms with Crippen LogP contribution < -0.4 is 5.32 Å². The molecule has 0 saturated carbocycles. The van der Waals surface area contributed by atoms with Crippen LogP contribution in [0, 0.1) is 5.92 Å². The number of hydrogen-bond acceptors (Lipinski definition) is 5. The standard InChI is InChI=1S/C22H33N3O5S/c1-15(2)21(26)23-19-6-5-11-24(14-19)22(27)18-7-9-20(10-8-18)31(28,29)25-12-16(3)30-17(4)13-25/h7-10,15-17,19H,5-6,11-14H2,1-4H3,(H,23,26). The Morgan fingerprint density at radius 1 is 1.06 bits per heavy atom. The minimum absolute atomic E-state index is 0.0133. The van der Waals surface area contributed by atoms with Crippen LogP contribution in [0.25, 0.3) is 0 Å². The molecule has 0 aliphatic carbocycles. The van der Waals surface area contributed by atoms with Crippen molar-refractivity contribution >= 4 is 21.8 Å². The molecule has 9 heteroatoms. The molecule has 3 rings (SSSR count). The van der Waals surface area contributed by atoms with Gasteiger partial charge in [0.2, 0.25) is 15.9 Å². The Morgan fingerprint density at radius 3 is 2.26 bits per heavy atom. The molecule has 2 heterocycles. The van der Waals surface area contributed by atoms with Gasteiger partial charge in [0.15, 0.2) is 0 Å². The molecular formula is C22H33N3O5S. The van der Waals surface area contributed by atoms with Gasteiger partial charge in [0.25, 0.3) is 5.91 Å². The molecule has 172 valence electrons. The zero-order valence-corrected chi connectivity index (χ0v) is 19.5. The van der Waals surface area contributed by atoms with Crippen LogP contribution in [0.3, 0.4) is 0 Å². The van der Waals surface area contributed by atoms with Gasteiger partial charge < -0.3 is 15.0 Å². The van der Waals surface area contributed by atoms with Crippen LogP contribution in [-0.2, 0) is 19.6 Å². The Balaban J connectivity index is 1.68. The van der Waals surface area contributed by atoms with Gasteiger partial charge in [-0.2, -0.15) is 4.31 Å². The van der Waals surface area contributed by atoms with Crippen molar-refractivity contribution in [3.05, 3.63) is 29.8 Å². The van der Waals surface area contributed by atoms with Crippen molar-refractivity contribution in [3.8, 4) is 0 Å². The van der Waals surface area contributed by atoms with Gasteiger partial charge in [-0.05, 0) is 51.0 Å². The van der Waals surface area contributed by atoms with E-state index >= 15 is 0 Å². The molecule has 3 unspecified atom stereocenters. The summed E-state index contributed by atoms with van der Waals surface area (Å²) in [7, 11) is -3.64. The molecule has 0 aromatic heterocycles. The number of likely N-dealkylation sites (tertiary alicyclic amines) is 1. The Bertz CT molecular complexity index is 890. The van der Waals surface area contributed by atoms with Crippen molar-refractivity contribution in [2.45, 2.75) is 63.7 Å². The fraction of sp³-hybridized carbons (Fsp3) is 0.636. The van der Waals surface area contributed by atoms with E-state index in [0.29, 0.717) is 31.7 Å². The molecule has 2 aliphatic rings. The van der Waals surface area contributed by atoms with Crippen LogP contribution in [0.2, 0.25) is 0 Å². The first kappa shape index (κ1) is 23.7. The Kier molecular flexibility index (Phi) is 7.39. The zero-order chi connectivity index (χ0) is 22.8. The first-order chi connectivity index (χ1) is 14.6. The predicted molar refractivity (Wildman–Crippen MR) is 117 cm³/mol. The van der Waals surface area contributed by atoms with Crippen LogP contribution in [0.1, 0.15) is 50.9 Å². The Labute approximate surface area is 185 Å². The number of hydrogen-bond donors (Lipinski definition) is 1. The maximum Gasteiger partial charge on any atom is 0.253 e. The monoisotopic (exact) mass is 451 g/mol. The summed E-state index contributed by atoms with van der Waals surface area (Å²) >= 11 is 0. The first-order valence-electron chi connectivity index (χ1n) is 10.9. The molecule has 31 heavy (non-hydrogen) atoms. The minimum atomic E-state index is -3.64. The molecule has 0 spiro atoms. The third kappa shape index (κ3) is 5.64. The average molecular weight is 452 g/mol. The summed E-state index contributed by atoms with van der Waals surface area (Å²) in [6, 6.07) is 6.07. The maximum atomic E-state index is 13.0. The van der Waals surface area contributed by atoms with E-state index in [2.05, 4.69) is 5.32 Å². The van der Waals surface area contributed by atoms with E-state index < -0.39 is 10.0 Å². The van der Waals surface area contributed by atoms with Gasteiger partial charge in [0, 0.05) is 43.7 Å². The smallest absolute Gasteiger partial charge is 0.253 e. The highest BCUT2D eigenvalue weighted by molar-refractivity contribution is 7.89. The molecule has 0 bridgehead atoms. The lowest BCUT2D eigenvalue weighted by molar-refractivity contribution is -0.125. The number of benzene rings is 1. The lowest BCUT2D eigenvalue weighted by atomic mass is 10.0. The molecule has 1 aromatic rings. The number of morpholine rings is 1. The summed E-state index contributed by atoms with van der Waals surface area (Å²) in [6.45, 7) is 9.10. The topological polar surface area (TPSA) is 96.0 Å².